The summed E-state index contributed by atoms with van der Waals surface area (Å²) in [6.45, 7) is 0. The van der Waals surface area contributed by atoms with Crippen molar-refractivity contribution in [2.45, 2.75) is 6.04 Å². The first-order valence-electron chi connectivity index (χ1n) is 11.1. The molecule has 0 spiro atoms. The maximum Gasteiger partial charge on any atom is 0.331 e. The largest absolute Gasteiger partial charge is 0.331 e. The van der Waals surface area contributed by atoms with Gasteiger partial charge in [0.05, 0.1) is 28.0 Å². The van der Waals surface area contributed by atoms with E-state index in [1.165, 1.54) is 23.7 Å². The Balaban J connectivity index is 1.84. The van der Waals surface area contributed by atoms with E-state index in [1.54, 1.807) is 13.2 Å². The first-order chi connectivity index (χ1) is 16.9. The van der Waals surface area contributed by atoms with Crippen LogP contribution in [-0.4, -0.2) is 13.7 Å². The number of hydrogen-bond acceptors (Lipinski definition) is 3. The number of anilines is 2. The highest BCUT2D eigenvalue weighted by Crippen LogP contribution is 2.48. The van der Waals surface area contributed by atoms with Crippen LogP contribution in [0.25, 0.3) is 16.6 Å². The Hall–Kier alpha value is -4.46. The monoisotopic (exact) mass is 470 g/mol. The van der Waals surface area contributed by atoms with E-state index in [2.05, 4.69) is 0 Å². The molecule has 2 aromatic heterocycles. The average Bonchev–Trinajstić information content (AvgIpc) is 3.29. The molecule has 3 heterocycles. The van der Waals surface area contributed by atoms with Crippen LogP contribution in [0.1, 0.15) is 17.3 Å². The quantitative estimate of drug-likeness (QED) is 0.381. The van der Waals surface area contributed by atoms with Crippen molar-refractivity contribution in [1.82, 2.24) is 13.7 Å². The topological polar surface area (TPSA) is 52.2 Å². The van der Waals surface area contributed by atoms with E-state index in [0.29, 0.717) is 16.6 Å². The smallest absolute Gasteiger partial charge is 0.326 e. The summed E-state index contributed by atoms with van der Waals surface area (Å²) >= 11 is 0. The summed E-state index contributed by atoms with van der Waals surface area (Å²) in [5, 5.41) is 0.316. The third-order valence-corrected chi connectivity index (χ3v) is 6.69. The predicted octanol–water partition coefficient (Wildman–Crippen LogP) is 4.55. The molecule has 0 aliphatic carbocycles. The van der Waals surface area contributed by atoms with Gasteiger partial charge >= 0.3 is 5.69 Å². The molecule has 3 aromatic carbocycles. The van der Waals surface area contributed by atoms with Crippen LogP contribution in [0.15, 0.2) is 88.6 Å². The first-order valence-corrected chi connectivity index (χ1v) is 11.1. The molecule has 0 N–H and O–H groups in total. The van der Waals surface area contributed by atoms with Gasteiger partial charge in [0.2, 0.25) is 0 Å². The second kappa shape index (κ2) is 7.53. The SMILES string of the molecule is Cn1c(=O)c2cn3c(c2n(C)c1=O)C(c1cccc(F)c1F)N(c1ccccc1)c1ccccc1-3. The Morgan fingerprint density at radius 2 is 1.46 bits per heavy atom. The van der Waals surface area contributed by atoms with Crippen molar-refractivity contribution >= 4 is 22.3 Å². The molecule has 35 heavy (non-hydrogen) atoms. The maximum absolute atomic E-state index is 15.4. The zero-order chi connectivity index (χ0) is 24.4. The Kier molecular flexibility index (Phi) is 4.54. The fourth-order valence-electron chi connectivity index (χ4n) is 5.10. The third kappa shape index (κ3) is 2.86. The van der Waals surface area contributed by atoms with E-state index < -0.39 is 28.9 Å². The molecule has 6 rings (SSSR count). The molecule has 5 aromatic rings. The second-order valence-electron chi connectivity index (χ2n) is 8.59. The zero-order valence-corrected chi connectivity index (χ0v) is 18.9. The van der Waals surface area contributed by atoms with Crippen LogP contribution in [0.4, 0.5) is 20.2 Å². The number of aryl methyl sites for hydroxylation is 1. The minimum absolute atomic E-state index is 0.0951. The number of para-hydroxylation sites is 3. The standard InChI is InChI=1S/C27H20F2N4O2/c1-30-23-18(26(34)31(2)27(30)35)15-32-20-13-6-7-14-21(20)33(16-9-4-3-5-10-16)24(25(23)32)17-11-8-12-19(28)22(17)29/h3-15,24H,1-2H3. The van der Waals surface area contributed by atoms with Crippen LogP contribution in [0.3, 0.4) is 0 Å². The van der Waals surface area contributed by atoms with Crippen molar-refractivity contribution in [2.24, 2.45) is 14.1 Å². The van der Waals surface area contributed by atoms with Crippen molar-refractivity contribution < 1.29 is 8.78 Å². The van der Waals surface area contributed by atoms with Crippen LogP contribution in [0, 0.1) is 11.6 Å². The van der Waals surface area contributed by atoms with Crippen LogP contribution >= 0.6 is 0 Å². The van der Waals surface area contributed by atoms with Gasteiger partial charge in [-0.15, -0.1) is 0 Å². The van der Waals surface area contributed by atoms with Gasteiger partial charge in [0.25, 0.3) is 5.56 Å². The lowest BCUT2D eigenvalue weighted by atomic mass is 9.95. The normalized spacial score (nSPS) is 14.7. The molecular weight excluding hydrogens is 450 g/mol. The van der Waals surface area contributed by atoms with E-state index in [0.717, 1.165) is 27.7 Å². The fraction of sp³-hybridized carbons (Fsp3) is 0.111. The van der Waals surface area contributed by atoms with Gasteiger partial charge in [0, 0.05) is 31.5 Å². The third-order valence-electron chi connectivity index (χ3n) is 6.69. The van der Waals surface area contributed by atoms with Crippen molar-refractivity contribution in [1.29, 1.82) is 0 Å². The van der Waals surface area contributed by atoms with Gasteiger partial charge in [-0.05, 0) is 30.3 Å². The molecule has 0 bridgehead atoms. The Bertz CT molecular complexity index is 1750. The van der Waals surface area contributed by atoms with Crippen LogP contribution in [-0.2, 0) is 14.1 Å². The zero-order valence-electron chi connectivity index (χ0n) is 18.9. The summed E-state index contributed by atoms with van der Waals surface area (Å²) in [6.07, 6.45) is 1.68. The minimum Gasteiger partial charge on any atom is -0.326 e. The molecule has 174 valence electrons. The summed E-state index contributed by atoms with van der Waals surface area (Å²) in [6, 6.07) is 20.1. The Morgan fingerprint density at radius 3 is 2.20 bits per heavy atom. The van der Waals surface area contributed by atoms with E-state index in [-0.39, 0.29) is 5.56 Å². The lowest BCUT2D eigenvalue weighted by Crippen LogP contribution is -2.37. The van der Waals surface area contributed by atoms with E-state index >= 15 is 4.39 Å². The fourth-order valence-corrected chi connectivity index (χ4v) is 5.10. The average molecular weight is 470 g/mol. The van der Waals surface area contributed by atoms with Gasteiger partial charge in [-0.3, -0.25) is 13.9 Å². The summed E-state index contributed by atoms with van der Waals surface area (Å²) in [4.78, 5) is 28.0. The van der Waals surface area contributed by atoms with Crippen LogP contribution in [0.5, 0.6) is 0 Å². The van der Waals surface area contributed by atoms with Crippen LogP contribution in [0.2, 0.25) is 0 Å². The molecule has 1 unspecified atom stereocenters. The van der Waals surface area contributed by atoms with Crippen molar-refractivity contribution in [3.63, 3.8) is 0 Å². The highest BCUT2D eigenvalue weighted by atomic mass is 19.2. The molecule has 8 heteroatoms. The summed E-state index contributed by atoms with van der Waals surface area (Å²) in [5.41, 5.74) is 2.28. The van der Waals surface area contributed by atoms with Gasteiger partial charge in [-0.1, -0.05) is 42.5 Å². The van der Waals surface area contributed by atoms with E-state index in [1.807, 2.05) is 64.1 Å². The predicted molar refractivity (Wildman–Crippen MR) is 131 cm³/mol. The second-order valence-corrected chi connectivity index (χ2v) is 8.59. The summed E-state index contributed by atoms with van der Waals surface area (Å²) in [7, 11) is 3.01. The van der Waals surface area contributed by atoms with E-state index in [4.69, 9.17) is 0 Å². The Labute approximate surface area is 198 Å². The molecular formula is C27H20F2N4O2. The molecule has 0 radical (unpaired) electrons. The van der Waals surface area contributed by atoms with Gasteiger partial charge in [0.15, 0.2) is 11.6 Å². The maximum atomic E-state index is 15.4. The number of rotatable bonds is 2. The number of benzene rings is 3. The van der Waals surface area contributed by atoms with Gasteiger partial charge < -0.3 is 9.47 Å². The molecule has 1 aliphatic rings. The molecule has 0 saturated carbocycles. The number of fused-ring (bicyclic) bond motifs is 5. The number of nitrogens with zero attached hydrogens (tertiary/aromatic N) is 4. The van der Waals surface area contributed by atoms with Crippen LogP contribution < -0.4 is 16.1 Å². The highest BCUT2D eigenvalue weighted by molar-refractivity contribution is 5.88. The molecule has 1 atom stereocenters. The minimum atomic E-state index is -0.979. The van der Waals surface area contributed by atoms with E-state index in [9.17, 15) is 14.0 Å². The lowest BCUT2D eigenvalue weighted by Gasteiger charge is -2.40. The molecule has 1 aliphatic heterocycles. The van der Waals surface area contributed by atoms with Gasteiger partial charge in [0.1, 0.15) is 6.04 Å². The molecule has 0 saturated heterocycles. The number of hydrogen-bond donors (Lipinski definition) is 0. The highest BCUT2D eigenvalue weighted by Gasteiger charge is 2.38. The summed E-state index contributed by atoms with van der Waals surface area (Å²) in [5.74, 6) is -1.95. The number of aromatic nitrogens is 3. The number of halogens is 2. The molecule has 0 fully saturated rings. The molecule has 6 nitrogen and oxygen atoms in total. The Morgan fingerprint density at radius 1 is 0.771 bits per heavy atom. The summed E-state index contributed by atoms with van der Waals surface area (Å²) < 4.78 is 34.2. The van der Waals surface area contributed by atoms with Crippen molar-refractivity contribution in [3.05, 3.63) is 123 Å². The van der Waals surface area contributed by atoms with Gasteiger partial charge in [-0.25, -0.2) is 13.6 Å². The first kappa shape index (κ1) is 21.1. The molecule has 0 amide bonds. The van der Waals surface area contributed by atoms with Crippen molar-refractivity contribution in [2.75, 3.05) is 4.90 Å². The lowest BCUT2D eigenvalue weighted by molar-refractivity contribution is 0.491. The van der Waals surface area contributed by atoms with Crippen molar-refractivity contribution in [3.8, 4) is 5.69 Å². The van der Waals surface area contributed by atoms with Gasteiger partial charge in [-0.2, -0.15) is 0 Å².